The summed E-state index contributed by atoms with van der Waals surface area (Å²) in [5, 5.41) is 11.4. The fraction of sp³-hybridized carbons (Fsp3) is 0.667. The highest BCUT2D eigenvalue weighted by Crippen LogP contribution is 2.24. The number of piperazine rings is 1. The van der Waals surface area contributed by atoms with E-state index in [0.717, 1.165) is 11.3 Å². The standard InChI is InChI=1S/C12H17N3O5/c1-7-3-2-4-15(10(7)11(18)19)12(20)14-5-8(16)13-9(17)6-14/h7,10H,2-6H2,1H3,(H,18,19)(H,13,16,17). The first-order valence-electron chi connectivity index (χ1n) is 6.51. The van der Waals surface area contributed by atoms with Gasteiger partial charge in [-0.1, -0.05) is 6.92 Å². The number of carboxylic acids is 1. The molecule has 2 heterocycles. The fourth-order valence-corrected chi connectivity index (χ4v) is 2.73. The molecule has 4 amide bonds. The van der Waals surface area contributed by atoms with Gasteiger partial charge in [0.05, 0.1) is 0 Å². The summed E-state index contributed by atoms with van der Waals surface area (Å²) in [6.45, 7) is 1.67. The van der Waals surface area contributed by atoms with Gasteiger partial charge >= 0.3 is 12.0 Å². The summed E-state index contributed by atoms with van der Waals surface area (Å²) in [7, 11) is 0. The zero-order valence-corrected chi connectivity index (χ0v) is 11.2. The van der Waals surface area contributed by atoms with Crippen LogP contribution >= 0.6 is 0 Å². The minimum absolute atomic E-state index is 0.153. The smallest absolute Gasteiger partial charge is 0.326 e. The molecule has 2 atom stereocenters. The molecule has 0 aromatic heterocycles. The van der Waals surface area contributed by atoms with E-state index in [4.69, 9.17) is 0 Å². The number of urea groups is 1. The average Bonchev–Trinajstić information content (AvgIpc) is 2.35. The van der Waals surface area contributed by atoms with Crippen LogP contribution in [0.25, 0.3) is 0 Å². The van der Waals surface area contributed by atoms with E-state index >= 15 is 0 Å². The van der Waals surface area contributed by atoms with Gasteiger partial charge in [-0.3, -0.25) is 14.9 Å². The number of rotatable bonds is 1. The van der Waals surface area contributed by atoms with Crippen molar-refractivity contribution in [2.75, 3.05) is 19.6 Å². The Hall–Kier alpha value is -2.12. The van der Waals surface area contributed by atoms with Gasteiger partial charge in [-0.2, -0.15) is 0 Å². The minimum Gasteiger partial charge on any atom is -0.480 e. The van der Waals surface area contributed by atoms with Crippen LogP contribution in [0.4, 0.5) is 4.79 Å². The zero-order chi connectivity index (χ0) is 14.9. The van der Waals surface area contributed by atoms with Crippen molar-refractivity contribution in [2.24, 2.45) is 5.92 Å². The lowest BCUT2D eigenvalue weighted by atomic mass is 9.91. The predicted octanol–water partition coefficient (Wildman–Crippen LogP) is -0.750. The van der Waals surface area contributed by atoms with Crippen molar-refractivity contribution in [3.8, 4) is 0 Å². The van der Waals surface area contributed by atoms with E-state index in [2.05, 4.69) is 5.32 Å². The highest BCUT2D eigenvalue weighted by atomic mass is 16.4. The Morgan fingerprint density at radius 3 is 2.40 bits per heavy atom. The van der Waals surface area contributed by atoms with Crippen molar-refractivity contribution < 1.29 is 24.3 Å². The molecule has 0 saturated carbocycles. The minimum atomic E-state index is -1.06. The second-order valence-electron chi connectivity index (χ2n) is 5.21. The van der Waals surface area contributed by atoms with Crippen molar-refractivity contribution >= 4 is 23.8 Å². The van der Waals surface area contributed by atoms with Crippen LogP contribution in [0, 0.1) is 5.92 Å². The van der Waals surface area contributed by atoms with E-state index in [-0.39, 0.29) is 19.0 Å². The number of carboxylic acid groups (broad SMARTS) is 1. The van der Waals surface area contributed by atoms with Crippen LogP contribution in [-0.4, -0.2) is 64.4 Å². The molecular weight excluding hydrogens is 266 g/mol. The average molecular weight is 283 g/mol. The Bertz CT molecular complexity index is 448. The quantitative estimate of drug-likeness (QED) is 0.616. The molecule has 2 fully saturated rings. The second-order valence-corrected chi connectivity index (χ2v) is 5.21. The first kappa shape index (κ1) is 14.3. The van der Waals surface area contributed by atoms with Crippen molar-refractivity contribution in [2.45, 2.75) is 25.8 Å². The van der Waals surface area contributed by atoms with Gasteiger partial charge in [-0.25, -0.2) is 9.59 Å². The van der Waals surface area contributed by atoms with Crippen molar-refractivity contribution in [1.82, 2.24) is 15.1 Å². The van der Waals surface area contributed by atoms with Gasteiger partial charge in [0.25, 0.3) is 0 Å². The molecule has 8 nitrogen and oxygen atoms in total. The maximum atomic E-state index is 12.4. The highest BCUT2D eigenvalue weighted by Gasteiger charge is 2.40. The number of piperidine rings is 1. The molecule has 0 bridgehead atoms. The molecule has 20 heavy (non-hydrogen) atoms. The lowest BCUT2D eigenvalue weighted by molar-refractivity contribution is -0.145. The Kier molecular flexibility index (Phi) is 3.91. The van der Waals surface area contributed by atoms with Crippen LogP contribution in [0.2, 0.25) is 0 Å². The fourth-order valence-electron chi connectivity index (χ4n) is 2.73. The van der Waals surface area contributed by atoms with Gasteiger partial charge in [-0.05, 0) is 18.8 Å². The predicted molar refractivity (Wildman–Crippen MR) is 66.6 cm³/mol. The molecule has 2 N–H and O–H groups in total. The maximum Gasteiger partial charge on any atom is 0.326 e. The van der Waals surface area contributed by atoms with E-state index in [1.807, 2.05) is 0 Å². The first-order chi connectivity index (χ1) is 9.40. The van der Waals surface area contributed by atoms with Crippen LogP contribution in [-0.2, 0) is 14.4 Å². The van der Waals surface area contributed by atoms with E-state index in [0.29, 0.717) is 13.0 Å². The van der Waals surface area contributed by atoms with Gasteiger partial charge in [0, 0.05) is 6.54 Å². The van der Waals surface area contributed by atoms with E-state index in [1.165, 1.54) is 4.90 Å². The number of imide groups is 1. The van der Waals surface area contributed by atoms with E-state index in [1.54, 1.807) is 6.92 Å². The summed E-state index contributed by atoms with van der Waals surface area (Å²) in [5.41, 5.74) is 0. The molecule has 0 aromatic rings. The summed E-state index contributed by atoms with van der Waals surface area (Å²) in [4.78, 5) is 48.6. The van der Waals surface area contributed by atoms with Gasteiger partial charge < -0.3 is 14.9 Å². The third-order valence-corrected chi connectivity index (χ3v) is 3.65. The van der Waals surface area contributed by atoms with Gasteiger partial charge in [0.15, 0.2) is 0 Å². The molecule has 0 aliphatic carbocycles. The van der Waals surface area contributed by atoms with E-state index in [9.17, 15) is 24.3 Å². The number of nitrogens with zero attached hydrogens (tertiary/aromatic N) is 2. The number of aliphatic carboxylic acids is 1. The van der Waals surface area contributed by atoms with Crippen molar-refractivity contribution in [1.29, 1.82) is 0 Å². The van der Waals surface area contributed by atoms with Crippen molar-refractivity contribution in [3.63, 3.8) is 0 Å². The topological polar surface area (TPSA) is 107 Å². The molecule has 0 aromatic carbocycles. The zero-order valence-electron chi connectivity index (χ0n) is 11.2. The lowest BCUT2D eigenvalue weighted by Crippen LogP contribution is -2.61. The Balaban J connectivity index is 2.15. The molecule has 2 aliphatic heterocycles. The number of carbonyl (C=O) groups excluding carboxylic acids is 3. The van der Waals surface area contributed by atoms with Gasteiger partial charge in [0.2, 0.25) is 11.8 Å². The molecule has 8 heteroatoms. The molecule has 110 valence electrons. The first-order valence-corrected chi connectivity index (χ1v) is 6.51. The molecule has 0 spiro atoms. The largest absolute Gasteiger partial charge is 0.480 e. The third-order valence-electron chi connectivity index (χ3n) is 3.65. The molecular formula is C12H17N3O5. The van der Waals surface area contributed by atoms with Gasteiger partial charge in [0.1, 0.15) is 19.1 Å². The molecule has 2 saturated heterocycles. The number of carbonyl (C=O) groups is 4. The number of likely N-dealkylation sites (tertiary alicyclic amines) is 1. The third kappa shape index (κ3) is 2.73. The normalized spacial score (nSPS) is 27.2. The summed E-state index contributed by atoms with van der Waals surface area (Å²) >= 11 is 0. The second kappa shape index (κ2) is 5.48. The van der Waals surface area contributed by atoms with Gasteiger partial charge in [-0.15, -0.1) is 0 Å². The van der Waals surface area contributed by atoms with Crippen LogP contribution in [0.5, 0.6) is 0 Å². The number of hydrogen-bond acceptors (Lipinski definition) is 4. The van der Waals surface area contributed by atoms with Crippen molar-refractivity contribution in [3.05, 3.63) is 0 Å². The summed E-state index contributed by atoms with van der Waals surface area (Å²) in [6.07, 6.45) is 1.45. The Labute approximate surface area is 115 Å². The number of amides is 4. The lowest BCUT2D eigenvalue weighted by Gasteiger charge is -2.40. The van der Waals surface area contributed by atoms with Crippen LogP contribution < -0.4 is 5.32 Å². The number of nitrogens with one attached hydrogen (secondary N) is 1. The highest BCUT2D eigenvalue weighted by molar-refractivity contribution is 6.02. The molecule has 2 unspecified atom stereocenters. The summed E-state index contributed by atoms with van der Waals surface area (Å²) in [5.74, 6) is -2.31. The maximum absolute atomic E-state index is 12.4. The number of hydrogen-bond donors (Lipinski definition) is 2. The molecule has 2 rings (SSSR count). The van der Waals surface area contributed by atoms with Crippen LogP contribution in [0.15, 0.2) is 0 Å². The Morgan fingerprint density at radius 2 is 1.85 bits per heavy atom. The Morgan fingerprint density at radius 1 is 1.25 bits per heavy atom. The molecule has 0 radical (unpaired) electrons. The van der Waals surface area contributed by atoms with Crippen LogP contribution in [0.1, 0.15) is 19.8 Å². The summed E-state index contributed by atoms with van der Waals surface area (Å²) in [6, 6.07) is -1.47. The SMILES string of the molecule is CC1CCCN(C(=O)N2CC(=O)NC(=O)C2)C1C(=O)O. The summed E-state index contributed by atoms with van der Waals surface area (Å²) < 4.78 is 0. The van der Waals surface area contributed by atoms with E-state index < -0.39 is 29.9 Å². The monoisotopic (exact) mass is 283 g/mol. The molecule has 2 aliphatic rings. The van der Waals surface area contributed by atoms with Crippen LogP contribution in [0.3, 0.4) is 0 Å².